The van der Waals surface area contributed by atoms with Crippen molar-refractivity contribution in [3.8, 4) is 0 Å². The van der Waals surface area contributed by atoms with Crippen molar-refractivity contribution in [3.63, 3.8) is 0 Å². The number of hydrogen-bond acceptors (Lipinski definition) is 2. The van der Waals surface area contributed by atoms with Gasteiger partial charge in [-0.2, -0.15) is 13.2 Å². The molecule has 2 nitrogen and oxygen atoms in total. The summed E-state index contributed by atoms with van der Waals surface area (Å²) in [5.74, 6) is -1.18. The van der Waals surface area contributed by atoms with Gasteiger partial charge in [-0.3, -0.25) is 0 Å². The Labute approximate surface area is 106 Å². The van der Waals surface area contributed by atoms with Crippen LogP contribution in [0, 0.1) is 11.3 Å². The van der Waals surface area contributed by atoms with Crippen molar-refractivity contribution >= 4 is 0 Å². The molecular formula is C13H22F3NO. The largest absolute Gasteiger partial charge is 0.396 e. The van der Waals surface area contributed by atoms with Gasteiger partial charge in [0.15, 0.2) is 0 Å². The number of nitrogens with one attached hydrogen (secondary N) is 1. The lowest BCUT2D eigenvalue weighted by atomic mass is 9.83. The van der Waals surface area contributed by atoms with Crippen molar-refractivity contribution in [3.05, 3.63) is 0 Å². The Morgan fingerprint density at radius 3 is 2.39 bits per heavy atom. The van der Waals surface area contributed by atoms with E-state index in [1.54, 1.807) is 0 Å². The fourth-order valence-electron chi connectivity index (χ4n) is 3.04. The molecule has 18 heavy (non-hydrogen) atoms. The van der Waals surface area contributed by atoms with E-state index in [9.17, 15) is 13.2 Å². The number of alkyl halides is 3. The first-order valence-corrected chi connectivity index (χ1v) is 6.88. The zero-order chi connectivity index (χ0) is 13.2. The number of halogens is 3. The van der Waals surface area contributed by atoms with Gasteiger partial charge in [0.2, 0.25) is 0 Å². The molecule has 0 heterocycles. The van der Waals surface area contributed by atoms with E-state index in [1.807, 2.05) is 0 Å². The van der Waals surface area contributed by atoms with E-state index in [0.717, 1.165) is 19.3 Å². The summed E-state index contributed by atoms with van der Waals surface area (Å²) in [6.45, 7) is 0.764. The Morgan fingerprint density at radius 2 is 1.83 bits per heavy atom. The Hall–Kier alpha value is -0.290. The van der Waals surface area contributed by atoms with Gasteiger partial charge in [-0.15, -0.1) is 0 Å². The summed E-state index contributed by atoms with van der Waals surface area (Å²) in [4.78, 5) is 0. The fraction of sp³-hybridized carbons (Fsp3) is 1.00. The van der Waals surface area contributed by atoms with Crippen LogP contribution in [0.2, 0.25) is 0 Å². The number of aliphatic hydroxyl groups is 1. The first-order valence-electron chi connectivity index (χ1n) is 6.88. The smallest absolute Gasteiger partial charge is 0.393 e. The Balaban J connectivity index is 1.86. The Morgan fingerprint density at radius 1 is 1.17 bits per heavy atom. The van der Waals surface area contributed by atoms with Gasteiger partial charge in [0.25, 0.3) is 0 Å². The first kappa shape index (κ1) is 14.1. The molecular weight excluding hydrogens is 243 g/mol. The molecule has 2 N–H and O–H groups in total. The van der Waals surface area contributed by atoms with Gasteiger partial charge in [-0.25, -0.2) is 0 Å². The van der Waals surface area contributed by atoms with E-state index in [4.69, 9.17) is 5.11 Å². The lowest BCUT2D eigenvalue weighted by Crippen LogP contribution is -2.47. The van der Waals surface area contributed by atoms with Gasteiger partial charge in [0.1, 0.15) is 0 Å². The van der Waals surface area contributed by atoms with E-state index in [0.29, 0.717) is 25.8 Å². The standard InChI is InChI=1S/C13H22F3NO/c14-13(15,16)10-3-1-2-4-11(10)17-9-12(5-6-12)7-8-18/h10-11,17-18H,1-9H2. The average molecular weight is 265 g/mol. The molecule has 0 bridgehead atoms. The predicted molar refractivity (Wildman–Crippen MR) is 63.2 cm³/mol. The molecule has 2 unspecified atom stereocenters. The monoisotopic (exact) mass is 265 g/mol. The van der Waals surface area contributed by atoms with Crippen LogP contribution in [0.15, 0.2) is 0 Å². The Bertz CT molecular complexity index is 276. The summed E-state index contributed by atoms with van der Waals surface area (Å²) in [5.41, 5.74) is 0.0857. The predicted octanol–water partition coefficient (Wildman–Crippen LogP) is 2.86. The summed E-state index contributed by atoms with van der Waals surface area (Å²) in [7, 11) is 0. The van der Waals surface area contributed by atoms with Gasteiger partial charge in [-0.05, 0) is 37.5 Å². The van der Waals surface area contributed by atoms with Crippen LogP contribution in [0.5, 0.6) is 0 Å². The van der Waals surface area contributed by atoms with Crippen molar-refractivity contribution in [2.45, 2.75) is 57.2 Å². The molecule has 106 valence electrons. The highest BCUT2D eigenvalue weighted by molar-refractivity contribution is 4.96. The normalized spacial score (nSPS) is 31.3. The molecule has 2 fully saturated rings. The molecule has 0 aromatic rings. The molecule has 0 amide bonds. The van der Waals surface area contributed by atoms with Crippen LogP contribution in [-0.2, 0) is 0 Å². The second-order valence-corrected chi connectivity index (χ2v) is 5.89. The molecule has 2 aliphatic carbocycles. The van der Waals surface area contributed by atoms with Gasteiger partial charge < -0.3 is 10.4 Å². The maximum absolute atomic E-state index is 12.9. The molecule has 0 aliphatic heterocycles. The first-order chi connectivity index (χ1) is 8.47. The van der Waals surface area contributed by atoms with Crippen molar-refractivity contribution in [2.75, 3.05) is 13.2 Å². The molecule has 2 rings (SSSR count). The van der Waals surface area contributed by atoms with E-state index in [1.165, 1.54) is 0 Å². The molecule has 2 aliphatic rings. The molecule has 2 saturated carbocycles. The van der Waals surface area contributed by atoms with Gasteiger partial charge >= 0.3 is 6.18 Å². The topological polar surface area (TPSA) is 32.3 Å². The molecule has 0 aromatic carbocycles. The molecule has 0 radical (unpaired) electrons. The minimum Gasteiger partial charge on any atom is -0.396 e. The second kappa shape index (κ2) is 5.37. The summed E-state index contributed by atoms with van der Waals surface area (Å²) in [6, 6.07) is -0.421. The van der Waals surface area contributed by atoms with Crippen molar-refractivity contribution in [1.29, 1.82) is 0 Å². The van der Waals surface area contributed by atoms with Crippen molar-refractivity contribution in [1.82, 2.24) is 5.32 Å². The average Bonchev–Trinajstić information content (AvgIpc) is 3.07. The molecule has 5 heteroatoms. The third-order valence-corrected chi connectivity index (χ3v) is 4.52. The van der Waals surface area contributed by atoms with Gasteiger partial charge in [-0.1, -0.05) is 12.8 Å². The fourth-order valence-corrected chi connectivity index (χ4v) is 3.04. The van der Waals surface area contributed by atoms with Crippen LogP contribution >= 0.6 is 0 Å². The van der Waals surface area contributed by atoms with Crippen molar-refractivity contribution < 1.29 is 18.3 Å². The SMILES string of the molecule is OCCC1(CNC2CCCCC2C(F)(F)F)CC1. The third kappa shape index (κ3) is 3.38. The zero-order valence-corrected chi connectivity index (χ0v) is 10.6. The quantitative estimate of drug-likeness (QED) is 0.801. The van der Waals surface area contributed by atoms with E-state index < -0.39 is 18.1 Å². The minimum absolute atomic E-state index is 0.0857. The molecule has 0 saturated heterocycles. The highest BCUT2D eigenvalue weighted by Crippen LogP contribution is 2.48. The number of rotatable bonds is 5. The van der Waals surface area contributed by atoms with Crippen LogP contribution < -0.4 is 5.32 Å². The van der Waals surface area contributed by atoms with Gasteiger partial charge in [0.05, 0.1) is 5.92 Å². The highest BCUT2D eigenvalue weighted by Gasteiger charge is 2.47. The lowest BCUT2D eigenvalue weighted by molar-refractivity contribution is -0.189. The van der Waals surface area contributed by atoms with E-state index in [2.05, 4.69) is 5.32 Å². The summed E-state index contributed by atoms with van der Waals surface area (Å²) >= 11 is 0. The molecule has 0 aromatic heterocycles. The van der Waals surface area contributed by atoms with E-state index in [-0.39, 0.29) is 18.4 Å². The second-order valence-electron chi connectivity index (χ2n) is 5.89. The van der Waals surface area contributed by atoms with E-state index >= 15 is 0 Å². The van der Waals surface area contributed by atoms with Crippen LogP contribution in [0.3, 0.4) is 0 Å². The minimum atomic E-state index is -4.08. The van der Waals surface area contributed by atoms with Crippen LogP contribution in [-0.4, -0.2) is 30.5 Å². The third-order valence-electron chi connectivity index (χ3n) is 4.52. The van der Waals surface area contributed by atoms with Crippen LogP contribution in [0.4, 0.5) is 13.2 Å². The lowest BCUT2D eigenvalue weighted by Gasteiger charge is -2.34. The van der Waals surface area contributed by atoms with Crippen LogP contribution in [0.25, 0.3) is 0 Å². The summed E-state index contributed by atoms with van der Waals surface area (Å²) < 4.78 is 38.7. The summed E-state index contributed by atoms with van der Waals surface area (Å²) in [5, 5.41) is 12.1. The molecule has 2 atom stereocenters. The van der Waals surface area contributed by atoms with Crippen LogP contribution in [0.1, 0.15) is 44.9 Å². The van der Waals surface area contributed by atoms with Crippen molar-refractivity contribution in [2.24, 2.45) is 11.3 Å². The van der Waals surface area contributed by atoms with Gasteiger partial charge in [0, 0.05) is 19.2 Å². The number of hydrogen-bond donors (Lipinski definition) is 2. The maximum Gasteiger partial charge on any atom is 0.393 e. The highest BCUT2D eigenvalue weighted by atomic mass is 19.4. The number of aliphatic hydroxyl groups excluding tert-OH is 1. The molecule has 0 spiro atoms. The zero-order valence-electron chi connectivity index (χ0n) is 10.6. The maximum atomic E-state index is 12.9. The Kier molecular flexibility index (Phi) is 4.22. The summed E-state index contributed by atoms with van der Waals surface area (Å²) in [6.07, 6.45) is 1.15.